The monoisotopic (exact) mass is 474 g/mol. The van der Waals surface area contributed by atoms with Crippen molar-refractivity contribution in [3.63, 3.8) is 0 Å². The molecule has 1 aromatic heterocycles. The van der Waals surface area contributed by atoms with Crippen molar-refractivity contribution in [2.45, 2.75) is 0 Å². The number of nitro benzene ring substituents is 1. The Hall–Kier alpha value is -4.13. The van der Waals surface area contributed by atoms with Gasteiger partial charge in [0.1, 0.15) is 12.1 Å². The van der Waals surface area contributed by atoms with Crippen molar-refractivity contribution in [2.75, 3.05) is 5.43 Å². The molecule has 0 saturated heterocycles. The Bertz CT molecular complexity index is 1120. The lowest BCUT2D eigenvalue weighted by molar-refractivity contribution is -0.385. The van der Waals surface area contributed by atoms with Crippen molar-refractivity contribution >= 4 is 39.0 Å². The van der Waals surface area contributed by atoms with Crippen LogP contribution in [0, 0.1) is 20.2 Å². The summed E-state index contributed by atoms with van der Waals surface area (Å²) in [6.45, 7) is 0. The summed E-state index contributed by atoms with van der Waals surface area (Å²) in [5.74, 6) is -1.14. The molecule has 0 bridgehead atoms. The first-order chi connectivity index (χ1) is 14.3. The third kappa shape index (κ3) is 4.82. The van der Waals surface area contributed by atoms with E-state index < -0.39 is 21.4 Å². The molecule has 1 heterocycles. The molecule has 30 heavy (non-hydrogen) atoms. The smallest absolute Gasteiger partial charge is 0.374 e. The molecule has 0 aliphatic carbocycles. The number of benzene rings is 2. The van der Waals surface area contributed by atoms with Crippen LogP contribution in [0.4, 0.5) is 17.2 Å². The van der Waals surface area contributed by atoms with Crippen LogP contribution in [0.2, 0.25) is 0 Å². The van der Waals surface area contributed by atoms with E-state index in [4.69, 9.17) is 4.74 Å². The van der Waals surface area contributed by atoms with E-state index in [1.807, 2.05) is 0 Å². The van der Waals surface area contributed by atoms with Crippen LogP contribution in [0.1, 0.15) is 10.4 Å². The minimum atomic E-state index is -0.768. The topological polar surface area (TPSA) is 162 Å². The molecular formula is C17H11BrN6O6. The lowest BCUT2D eigenvalue weighted by atomic mass is 10.2. The van der Waals surface area contributed by atoms with Gasteiger partial charge in [-0.2, -0.15) is 4.98 Å². The molecule has 0 aliphatic rings. The third-order valence-corrected chi connectivity index (χ3v) is 4.14. The van der Waals surface area contributed by atoms with Gasteiger partial charge in [0.15, 0.2) is 0 Å². The second kappa shape index (κ2) is 8.91. The molecule has 0 aliphatic heterocycles. The number of ether oxygens (including phenoxy) is 1. The van der Waals surface area contributed by atoms with Crippen molar-refractivity contribution < 1.29 is 19.4 Å². The molecule has 0 atom stereocenters. The fourth-order valence-corrected chi connectivity index (χ4v) is 2.52. The fraction of sp³-hybridized carbons (Fsp3) is 0. The van der Waals surface area contributed by atoms with Crippen molar-refractivity contribution in [2.24, 2.45) is 0 Å². The molecule has 2 N–H and O–H groups in total. The molecule has 152 valence electrons. The van der Waals surface area contributed by atoms with Crippen LogP contribution in [0.3, 0.4) is 0 Å². The molecule has 3 rings (SSSR count). The van der Waals surface area contributed by atoms with Gasteiger partial charge in [-0.05, 0) is 30.3 Å². The molecule has 2 aromatic carbocycles. The summed E-state index contributed by atoms with van der Waals surface area (Å²) in [5.41, 5.74) is 3.62. The van der Waals surface area contributed by atoms with Gasteiger partial charge in [-0.1, -0.05) is 22.0 Å². The van der Waals surface area contributed by atoms with Gasteiger partial charge in [-0.15, -0.1) is 0 Å². The summed E-state index contributed by atoms with van der Waals surface area (Å²) in [5, 5.41) is 22.4. The first-order valence-corrected chi connectivity index (χ1v) is 8.88. The number of nitro groups is 2. The first-order valence-electron chi connectivity index (χ1n) is 8.09. The number of nitrogens with one attached hydrogen (secondary N) is 2. The number of hydrogen-bond donors (Lipinski definition) is 2. The van der Waals surface area contributed by atoms with Crippen molar-refractivity contribution in [3.05, 3.63) is 85.1 Å². The van der Waals surface area contributed by atoms with E-state index in [1.54, 1.807) is 24.3 Å². The molecule has 0 spiro atoms. The largest absolute Gasteiger partial charge is 0.434 e. The number of anilines is 1. The van der Waals surface area contributed by atoms with E-state index in [0.29, 0.717) is 5.75 Å². The highest BCUT2D eigenvalue weighted by Crippen LogP contribution is 2.34. The molecule has 13 heteroatoms. The van der Waals surface area contributed by atoms with E-state index >= 15 is 0 Å². The second-order valence-electron chi connectivity index (χ2n) is 5.58. The maximum Gasteiger partial charge on any atom is 0.374 e. The predicted molar refractivity (Wildman–Crippen MR) is 107 cm³/mol. The van der Waals surface area contributed by atoms with Crippen LogP contribution in [0.25, 0.3) is 0 Å². The molecule has 3 aromatic rings. The van der Waals surface area contributed by atoms with Gasteiger partial charge in [-0.3, -0.25) is 35.9 Å². The molecule has 1 amide bonds. The zero-order valence-corrected chi connectivity index (χ0v) is 16.4. The number of non-ortho nitro benzene ring substituents is 1. The van der Waals surface area contributed by atoms with E-state index in [9.17, 15) is 25.0 Å². The predicted octanol–water partition coefficient (Wildman–Crippen LogP) is 3.60. The fourth-order valence-electron chi connectivity index (χ4n) is 2.26. The number of nitrogens with zero attached hydrogens (tertiary/aromatic N) is 4. The highest BCUT2D eigenvalue weighted by atomic mass is 79.9. The van der Waals surface area contributed by atoms with Gasteiger partial charge >= 0.3 is 11.6 Å². The second-order valence-corrected chi connectivity index (χ2v) is 6.49. The number of carbonyl (C=O) groups is 1. The van der Waals surface area contributed by atoms with Gasteiger partial charge in [0.2, 0.25) is 5.82 Å². The van der Waals surface area contributed by atoms with E-state index in [2.05, 4.69) is 36.7 Å². The number of halogens is 1. The van der Waals surface area contributed by atoms with Crippen LogP contribution in [-0.2, 0) is 0 Å². The maximum absolute atomic E-state index is 12.2. The molecule has 0 fully saturated rings. The zero-order chi connectivity index (χ0) is 21.7. The van der Waals surface area contributed by atoms with Crippen LogP contribution in [0.5, 0.6) is 11.6 Å². The highest BCUT2D eigenvalue weighted by Gasteiger charge is 2.25. The Morgan fingerprint density at radius 2 is 1.77 bits per heavy atom. The van der Waals surface area contributed by atoms with Gasteiger partial charge in [0.05, 0.1) is 9.85 Å². The van der Waals surface area contributed by atoms with E-state index in [-0.39, 0.29) is 22.9 Å². The van der Waals surface area contributed by atoms with Gasteiger partial charge in [0.25, 0.3) is 11.6 Å². The highest BCUT2D eigenvalue weighted by molar-refractivity contribution is 9.10. The number of hydrogen-bond acceptors (Lipinski definition) is 9. The minimum Gasteiger partial charge on any atom is -0.434 e. The summed E-state index contributed by atoms with van der Waals surface area (Å²) >= 11 is 3.27. The Labute approximate surface area is 176 Å². The van der Waals surface area contributed by atoms with Crippen LogP contribution in [-0.4, -0.2) is 25.7 Å². The summed E-state index contributed by atoms with van der Waals surface area (Å²) in [6, 6.07) is 11.5. The van der Waals surface area contributed by atoms with E-state index in [1.165, 1.54) is 18.2 Å². The average molecular weight is 475 g/mol. The quantitative estimate of drug-likeness (QED) is 0.384. The Morgan fingerprint density at radius 3 is 2.43 bits per heavy atom. The van der Waals surface area contributed by atoms with Crippen LogP contribution in [0.15, 0.2) is 59.3 Å². The maximum atomic E-state index is 12.2. The summed E-state index contributed by atoms with van der Waals surface area (Å²) in [4.78, 5) is 40.7. The number of carbonyl (C=O) groups excluding carboxylic acids is 1. The summed E-state index contributed by atoms with van der Waals surface area (Å²) < 4.78 is 6.25. The Morgan fingerprint density at radius 1 is 1.03 bits per heavy atom. The summed E-state index contributed by atoms with van der Waals surface area (Å²) in [7, 11) is 0. The Kier molecular flexibility index (Phi) is 6.12. The molecule has 0 saturated carbocycles. The Balaban J connectivity index is 1.81. The lowest BCUT2D eigenvalue weighted by Gasteiger charge is -2.10. The van der Waals surface area contributed by atoms with Crippen LogP contribution >= 0.6 is 15.9 Å². The lowest BCUT2D eigenvalue weighted by Crippen LogP contribution is -2.30. The van der Waals surface area contributed by atoms with Gasteiger partial charge in [0, 0.05) is 22.2 Å². The molecule has 0 unspecified atom stereocenters. The third-order valence-electron chi connectivity index (χ3n) is 3.61. The normalized spacial score (nSPS) is 10.2. The number of hydrazine groups is 1. The van der Waals surface area contributed by atoms with Crippen molar-refractivity contribution in [1.29, 1.82) is 0 Å². The standard InChI is InChI=1S/C17H11BrN6O6/c18-11-4-6-13(7-5-11)30-17-14(24(28)29)15(19-9-20-17)21-22-16(25)10-2-1-3-12(8-10)23(26)27/h1-9H,(H,22,25)(H,19,20,21). The number of amides is 1. The average Bonchev–Trinajstić information content (AvgIpc) is 2.73. The van der Waals surface area contributed by atoms with Crippen molar-refractivity contribution in [3.8, 4) is 11.6 Å². The first kappa shape index (κ1) is 20.6. The van der Waals surface area contributed by atoms with E-state index in [0.717, 1.165) is 16.9 Å². The zero-order valence-electron chi connectivity index (χ0n) is 14.8. The van der Waals surface area contributed by atoms with Gasteiger partial charge < -0.3 is 4.74 Å². The number of aromatic nitrogens is 2. The molecular weight excluding hydrogens is 464 g/mol. The summed E-state index contributed by atoms with van der Waals surface area (Å²) in [6.07, 6.45) is 1.02. The van der Waals surface area contributed by atoms with Gasteiger partial charge in [-0.25, -0.2) is 4.98 Å². The van der Waals surface area contributed by atoms with Crippen molar-refractivity contribution in [1.82, 2.24) is 15.4 Å². The molecule has 0 radical (unpaired) electrons. The SMILES string of the molecule is O=C(NNc1ncnc(Oc2ccc(Br)cc2)c1[N+](=O)[O-])c1cccc([N+](=O)[O-])c1. The van der Waals surface area contributed by atoms with Crippen LogP contribution < -0.4 is 15.6 Å². The molecule has 12 nitrogen and oxygen atoms in total. The minimum absolute atomic E-state index is 0.0280. The number of rotatable bonds is 7.